The van der Waals surface area contributed by atoms with Gasteiger partial charge in [-0.05, 0) is 80.0 Å². The first-order valence-electron chi connectivity index (χ1n) is 16.9. The number of hydrogen-bond acceptors (Lipinski definition) is 6. The maximum absolute atomic E-state index is 14.9. The summed E-state index contributed by atoms with van der Waals surface area (Å²) >= 11 is 0. The molecular formula is C40H45N3O5. The molecule has 0 saturated heterocycles. The van der Waals surface area contributed by atoms with Crippen LogP contribution in [0.5, 0.6) is 5.88 Å². The number of fused-ring (bicyclic) bond motifs is 1. The predicted molar refractivity (Wildman–Crippen MR) is 189 cm³/mol. The Kier molecular flexibility index (Phi) is 10.1. The van der Waals surface area contributed by atoms with Crippen LogP contribution in [0.25, 0.3) is 27.6 Å². The molecule has 0 atom stereocenters. The molecule has 1 aliphatic heterocycles. The summed E-state index contributed by atoms with van der Waals surface area (Å²) < 4.78 is 17.0. The molecule has 250 valence electrons. The maximum atomic E-state index is 14.9. The Labute approximate surface area is 283 Å². The Hall–Kier alpha value is -4.69. The molecule has 3 aromatic carbocycles. The number of nitrogens with zero attached hydrogens (tertiary/aromatic N) is 3. The van der Waals surface area contributed by atoms with E-state index in [4.69, 9.17) is 19.2 Å². The molecule has 8 heteroatoms. The molecular weight excluding hydrogens is 602 g/mol. The van der Waals surface area contributed by atoms with Crippen molar-refractivity contribution in [3.63, 3.8) is 0 Å². The molecule has 1 saturated carbocycles. The van der Waals surface area contributed by atoms with Crippen LogP contribution in [0.1, 0.15) is 57.6 Å². The van der Waals surface area contributed by atoms with Gasteiger partial charge in [0.1, 0.15) is 5.60 Å². The van der Waals surface area contributed by atoms with Crippen LogP contribution in [-0.4, -0.2) is 71.8 Å². The van der Waals surface area contributed by atoms with Crippen LogP contribution in [0.4, 0.5) is 4.79 Å². The molecule has 8 nitrogen and oxygen atoms in total. The van der Waals surface area contributed by atoms with Crippen LogP contribution in [0.15, 0.2) is 90.5 Å². The Morgan fingerprint density at radius 2 is 1.62 bits per heavy atom. The molecule has 2 amide bonds. The molecule has 2 heterocycles. The van der Waals surface area contributed by atoms with E-state index in [1.54, 1.807) is 12.0 Å². The van der Waals surface area contributed by atoms with E-state index in [0.717, 1.165) is 58.0 Å². The topological polar surface area (TPSA) is 81.2 Å². The Morgan fingerprint density at radius 1 is 0.896 bits per heavy atom. The number of carbonyl (C=O) groups is 2. The molecule has 0 radical (unpaired) electrons. The largest absolute Gasteiger partial charge is 0.478 e. The van der Waals surface area contributed by atoms with Gasteiger partial charge in [-0.15, -0.1) is 0 Å². The summed E-state index contributed by atoms with van der Waals surface area (Å²) in [5.41, 5.74) is 5.98. The lowest BCUT2D eigenvalue weighted by Gasteiger charge is -2.34. The minimum absolute atomic E-state index is 0.0469. The smallest absolute Gasteiger partial charge is 0.410 e. The van der Waals surface area contributed by atoms with Crippen LogP contribution < -0.4 is 4.74 Å². The monoisotopic (exact) mass is 647 g/mol. The van der Waals surface area contributed by atoms with E-state index in [1.807, 2.05) is 80.3 Å². The van der Waals surface area contributed by atoms with Crippen molar-refractivity contribution in [1.82, 2.24) is 14.8 Å². The Bertz CT molecular complexity index is 1790. The van der Waals surface area contributed by atoms with Gasteiger partial charge in [0.2, 0.25) is 5.88 Å². The van der Waals surface area contributed by atoms with E-state index in [2.05, 4.69) is 30.3 Å². The number of methoxy groups -OCH3 is 1. The van der Waals surface area contributed by atoms with Crippen molar-refractivity contribution in [3.05, 3.63) is 102 Å². The second-order valence-electron chi connectivity index (χ2n) is 13.6. The van der Waals surface area contributed by atoms with Gasteiger partial charge in [-0.3, -0.25) is 4.79 Å². The molecule has 6 rings (SSSR count). The number of aromatic nitrogens is 1. The number of hydrogen-bond donors (Lipinski definition) is 0. The second-order valence-corrected chi connectivity index (χ2v) is 13.6. The summed E-state index contributed by atoms with van der Waals surface area (Å²) in [6.45, 7) is 7.75. The third-order valence-corrected chi connectivity index (χ3v) is 8.68. The highest BCUT2D eigenvalue weighted by molar-refractivity contribution is 6.03. The highest BCUT2D eigenvalue weighted by Gasteiger charge is 2.38. The van der Waals surface area contributed by atoms with Crippen molar-refractivity contribution < 1.29 is 23.8 Å². The van der Waals surface area contributed by atoms with E-state index in [-0.39, 0.29) is 18.5 Å². The lowest BCUT2D eigenvalue weighted by molar-refractivity contribution is -0.128. The fourth-order valence-electron chi connectivity index (χ4n) is 6.19. The molecule has 0 bridgehead atoms. The number of benzene rings is 3. The Balaban J connectivity index is 1.37. The van der Waals surface area contributed by atoms with Gasteiger partial charge in [-0.1, -0.05) is 66.7 Å². The summed E-state index contributed by atoms with van der Waals surface area (Å²) in [5.74, 6) is 0.490. The third kappa shape index (κ3) is 8.05. The highest BCUT2D eigenvalue weighted by atomic mass is 16.6. The number of ether oxygens (including phenoxy) is 3. The van der Waals surface area contributed by atoms with E-state index in [9.17, 15) is 9.59 Å². The van der Waals surface area contributed by atoms with Crippen molar-refractivity contribution in [2.24, 2.45) is 0 Å². The van der Waals surface area contributed by atoms with Crippen LogP contribution in [0, 0.1) is 0 Å². The SMILES string of the molecule is COCCCOc1cc(CN(C(=O)C2=C(c3cccc(-c4ccccc4)c3)CCN(C(=O)OC(C)(C)C)C2)C2CC2)c2ccccc2n1. The Morgan fingerprint density at radius 3 is 2.38 bits per heavy atom. The zero-order valence-corrected chi connectivity index (χ0v) is 28.4. The van der Waals surface area contributed by atoms with Gasteiger partial charge in [-0.25, -0.2) is 9.78 Å². The number of carbonyl (C=O) groups excluding carboxylic acids is 2. The maximum Gasteiger partial charge on any atom is 0.410 e. The van der Waals surface area contributed by atoms with Crippen molar-refractivity contribution >= 4 is 28.5 Å². The molecule has 0 unspecified atom stereocenters. The number of pyridine rings is 1. The summed E-state index contributed by atoms with van der Waals surface area (Å²) in [7, 11) is 1.68. The fourth-order valence-corrected chi connectivity index (χ4v) is 6.19. The minimum Gasteiger partial charge on any atom is -0.478 e. The van der Waals surface area contributed by atoms with Crippen LogP contribution >= 0.6 is 0 Å². The van der Waals surface area contributed by atoms with Crippen molar-refractivity contribution in [2.45, 2.75) is 64.6 Å². The lowest BCUT2D eigenvalue weighted by Crippen LogP contribution is -2.44. The zero-order valence-electron chi connectivity index (χ0n) is 28.4. The zero-order chi connectivity index (χ0) is 33.7. The van der Waals surface area contributed by atoms with Gasteiger partial charge in [0.15, 0.2) is 0 Å². The van der Waals surface area contributed by atoms with Gasteiger partial charge < -0.3 is 24.0 Å². The number of rotatable bonds is 11. The lowest BCUT2D eigenvalue weighted by atomic mass is 9.90. The highest BCUT2D eigenvalue weighted by Crippen LogP contribution is 2.36. The van der Waals surface area contributed by atoms with E-state index in [1.165, 1.54) is 0 Å². The standard InChI is InChI=1S/C40H45N3O5/c1-40(2,3)48-39(45)42-21-20-33(30-15-10-14-29(24-30)28-12-6-5-7-13-28)35(27-42)38(44)43(32-18-19-32)26-31-25-37(47-23-11-22-46-4)41-36-17-9-8-16-34(31)36/h5-10,12-17,24-25,32H,11,18-23,26-27H2,1-4H3. The van der Waals surface area contributed by atoms with Gasteiger partial charge in [0.25, 0.3) is 5.91 Å². The van der Waals surface area contributed by atoms with E-state index < -0.39 is 11.7 Å². The van der Waals surface area contributed by atoms with Gasteiger partial charge in [0.05, 0.1) is 18.7 Å². The van der Waals surface area contributed by atoms with Crippen LogP contribution in [0.3, 0.4) is 0 Å². The van der Waals surface area contributed by atoms with Crippen LogP contribution in [0.2, 0.25) is 0 Å². The van der Waals surface area contributed by atoms with E-state index >= 15 is 0 Å². The predicted octanol–water partition coefficient (Wildman–Crippen LogP) is 7.90. The van der Waals surface area contributed by atoms with Gasteiger partial charge >= 0.3 is 6.09 Å². The van der Waals surface area contributed by atoms with Gasteiger partial charge in [0, 0.05) is 56.3 Å². The molecule has 2 aliphatic rings. The van der Waals surface area contributed by atoms with E-state index in [0.29, 0.717) is 44.2 Å². The first kappa shape index (κ1) is 33.2. The summed E-state index contributed by atoms with van der Waals surface area (Å²) in [6.07, 6.45) is 2.78. The first-order valence-corrected chi connectivity index (χ1v) is 16.9. The summed E-state index contributed by atoms with van der Waals surface area (Å²) in [4.78, 5) is 36.6. The average molecular weight is 648 g/mol. The average Bonchev–Trinajstić information content (AvgIpc) is 3.94. The quantitative estimate of drug-likeness (QED) is 0.154. The molecule has 1 aromatic heterocycles. The van der Waals surface area contributed by atoms with Crippen molar-refractivity contribution in [2.75, 3.05) is 33.4 Å². The fraction of sp³-hybridized carbons (Fsp3) is 0.375. The molecule has 1 aliphatic carbocycles. The summed E-state index contributed by atoms with van der Waals surface area (Å²) in [6, 6.07) is 28.7. The number of para-hydroxylation sites is 1. The van der Waals surface area contributed by atoms with Gasteiger partial charge in [-0.2, -0.15) is 0 Å². The van der Waals surface area contributed by atoms with Crippen molar-refractivity contribution in [1.29, 1.82) is 0 Å². The normalized spacial score (nSPS) is 15.0. The van der Waals surface area contributed by atoms with Crippen molar-refractivity contribution in [3.8, 4) is 17.0 Å². The molecule has 4 aromatic rings. The molecule has 0 N–H and O–H groups in total. The molecule has 48 heavy (non-hydrogen) atoms. The summed E-state index contributed by atoms with van der Waals surface area (Å²) in [5, 5.41) is 0.990. The second kappa shape index (κ2) is 14.6. The first-order chi connectivity index (χ1) is 23.2. The number of amides is 2. The minimum atomic E-state index is -0.638. The third-order valence-electron chi connectivity index (χ3n) is 8.68. The van der Waals surface area contributed by atoms with Crippen LogP contribution in [-0.2, 0) is 20.8 Å². The molecule has 0 spiro atoms. The molecule has 1 fully saturated rings.